The van der Waals surface area contributed by atoms with E-state index >= 15 is 0 Å². The molecular weight excluding hydrogens is 150 g/mol. The van der Waals surface area contributed by atoms with Crippen molar-refractivity contribution in [2.45, 2.75) is 39.0 Å². The molecule has 0 aromatic rings. The molecule has 0 aliphatic rings. The zero-order valence-corrected chi connectivity index (χ0v) is 8.05. The van der Waals surface area contributed by atoms with Crippen molar-refractivity contribution in [3.8, 4) is 0 Å². The highest BCUT2D eigenvalue weighted by molar-refractivity contribution is 5.80. The third-order valence-electron chi connectivity index (χ3n) is 1.68. The van der Waals surface area contributed by atoms with Gasteiger partial charge in [-0.05, 0) is 25.8 Å². The van der Waals surface area contributed by atoms with Gasteiger partial charge in [0, 0.05) is 13.0 Å². The second kappa shape index (κ2) is 8.53. The van der Waals surface area contributed by atoms with E-state index in [9.17, 15) is 0 Å². The largest absolute Gasteiger partial charge is 0.387 e. The Morgan fingerprint density at radius 1 is 1.25 bits per heavy atom. The summed E-state index contributed by atoms with van der Waals surface area (Å²) in [6, 6.07) is 0. The average Bonchev–Trinajstić information content (AvgIpc) is 2.09. The average molecular weight is 171 g/mol. The summed E-state index contributed by atoms with van der Waals surface area (Å²) in [6.45, 7) is 3.75. The van der Waals surface area contributed by atoms with E-state index in [2.05, 4.69) is 11.9 Å². The Morgan fingerprint density at radius 2 is 2.00 bits per heavy atom. The molecule has 12 heavy (non-hydrogen) atoms. The van der Waals surface area contributed by atoms with Crippen LogP contribution in [-0.4, -0.2) is 18.9 Å². The molecule has 0 radical (unpaired) electrons. The van der Waals surface area contributed by atoms with Crippen molar-refractivity contribution >= 4 is 5.84 Å². The highest BCUT2D eigenvalue weighted by Gasteiger charge is 1.92. The maximum Gasteiger partial charge on any atom is 0.0937 e. The van der Waals surface area contributed by atoms with E-state index in [1.165, 1.54) is 6.42 Å². The van der Waals surface area contributed by atoms with Crippen molar-refractivity contribution in [2.24, 2.45) is 16.5 Å². The quantitative estimate of drug-likeness (QED) is 0.344. The van der Waals surface area contributed by atoms with Gasteiger partial charge in [-0.3, -0.25) is 4.99 Å². The molecule has 0 saturated heterocycles. The van der Waals surface area contributed by atoms with Gasteiger partial charge in [0.05, 0.1) is 5.84 Å². The summed E-state index contributed by atoms with van der Waals surface area (Å²) in [5.74, 6) is 0.800. The third-order valence-corrected chi connectivity index (χ3v) is 1.68. The molecule has 72 valence electrons. The monoisotopic (exact) mass is 171 g/mol. The first-order valence-electron chi connectivity index (χ1n) is 4.80. The number of rotatable bonds is 7. The number of hydrogen-bond donors (Lipinski definition) is 2. The van der Waals surface area contributed by atoms with Crippen LogP contribution in [0.15, 0.2) is 4.99 Å². The molecule has 0 rings (SSSR count). The minimum absolute atomic E-state index is 0.784. The zero-order chi connectivity index (χ0) is 9.23. The van der Waals surface area contributed by atoms with E-state index in [0.29, 0.717) is 0 Å². The fourth-order valence-corrected chi connectivity index (χ4v) is 0.962. The molecule has 0 aromatic heterocycles. The predicted octanol–water partition coefficient (Wildman–Crippen LogP) is 1.27. The summed E-state index contributed by atoms with van der Waals surface area (Å²) in [5, 5.41) is 0. The van der Waals surface area contributed by atoms with Gasteiger partial charge in [-0.2, -0.15) is 0 Å². The Balaban J connectivity index is 3.24. The van der Waals surface area contributed by atoms with Gasteiger partial charge in [-0.15, -0.1) is 0 Å². The number of nitrogens with two attached hydrogens (primary N) is 2. The smallest absolute Gasteiger partial charge is 0.0937 e. The summed E-state index contributed by atoms with van der Waals surface area (Å²) in [4.78, 5) is 4.20. The highest BCUT2D eigenvalue weighted by atomic mass is 14.8. The van der Waals surface area contributed by atoms with Crippen LogP contribution < -0.4 is 11.5 Å². The van der Waals surface area contributed by atoms with Crippen molar-refractivity contribution in [1.29, 1.82) is 0 Å². The summed E-state index contributed by atoms with van der Waals surface area (Å²) >= 11 is 0. The Kier molecular flexibility index (Phi) is 8.12. The van der Waals surface area contributed by atoms with Crippen LogP contribution in [0.25, 0.3) is 0 Å². The van der Waals surface area contributed by atoms with Gasteiger partial charge < -0.3 is 11.5 Å². The molecule has 0 spiro atoms. The predicted molar refractivity (Wildman–Crippen MR) is 54.3 cm³/mol. The SMILES string of the molecule is CCCN=C(N)CCCCCN. The normalized spacial score (nSPS) is 12.0. The minimum atomic E-state index is 0.784. The van der Waals surface area contributed by atoms with E-state index in [1.54, 1.807) is 0 Å². The molecule has 0 unspecified atom stereocenters. The van der Waals surface area contributed by atoms with E-state index in [0.717, 1.165) is 44.6 Å². The van der Waals surface area contributed by atoms with Crippen molar-refractivity contribution in [1.82, 2.24) is 0 Å². The lowest BCUT2D eigenvalue weighted by molar-refractivity contribution is 0.702. The molecule has 0 aliphatic heterocycles. The second-order valence-corrected chi connectivity index (χ2v) is 2.97. The van der Waals surface area contributed by atoms with Crippen LogP contribution in [-0.2, 0) is 0 Å². The van der Waals surface area contributed by atoms with Crippen LogP contribution in [0.5, 0.6) is 0 Å². The van der Waals surface area contributed by atoms with Crippen LogP contribution in [0.2, 0.25) is 0 Å². The van der Waals surface area contributed by atoms with Crippen LogP contribution >= 0.6 is 0 Å². The number of unbranched alkanes of at least 4 members (excludes halogenated alkanes) is 2. The molecular formula is C9H21N3. The molecule has 0 fully saturated rings. The lowest BCUT2D eigenvalue weighted by Crippen LogP contribution is -2.12. The Labute approximate surface area is 75.2 Å². The van der Waals surface area contributed by atoms with Crippen molar-refractivity contribution in [3.05, 3.63) is 0 Å². The number of nitrogens with zero attached hydrogens (tertiary/aromatic N) is 1. The fourth-order valence-electron chi connectivity index (χ4n) is 0.962. The summed E-state index contributed by atoms with van der Waals surface area (Å²) in [5.41, 5.74) is 11.0. The lowest BCUT2D eigenvalue weighted by atomic mass is 10.2. The number of aliphatic imine (C=N–C) groups is 1. The van der Waals surface area contributed by atoms with Gasteiger partial charge in [0.15, 0.2) is 0 Å². The van der Waals surface area contributed by atoms with Crippen molar-refractivity contribution < 1.29 is 0 Å². The van der Waals surface area contributed by atoms with Crippen LogP contribution in [0.4, 0.5) is 0 Å². The van der Waals surface area contributed by atoms with Crippen molar-refractivity contribution in [2.75, 3.05) is 13.1 Å². The standard InChI is InChI=1S/C9H21N3/c1-2-8-12-9(11)6-4-3-5-7-10/h2-8,10H2,1H3,(H2,11,12). The van der Waals surface area contributed by atoms with Gasteiger partial charge in [-0.25, -0.2) is 0 Å². The van der Waals surface area contributed by atoms with Gasteiger partial charge in [0.1, 0.15) is 0 Å². The molecule has 0 aromatic carbocycles. The van der Waals surface area contributed by atoms with Gasteiger partial charge in [-0.1, -0.05) is 13.3 Å². The van der Waals surface area contributed by atoms with Crippen LogP contribution in [0, 0.1) is 0 Å². The van der Waals surface area contributed by atoms with E-state index < -0.39 is 0 Å². The number of amidine groups is 1. The summed E-state index contributed by atoms with van der Waals surface area (Å²) in [7, 11) is 0. The van der Waals surface area contributed by atoms with Gasteiger partial charge in [0.25, 0.3) is 0 Å². The zero-order valence-electron chi connectivity index (χ0n) is 8.05. The van der Waals surface area contributed by atoms with Gasteiger partial charge in [0.2, 0.25) is 0 Å². The molecule has 4 N–H and O–H groups in total. The first kappa shape index (κ1) is 11.4. The summed E-state index contributed by atoms with van der Waals surface area (Å²) in [6.07, 6.45) is 5.39. The van der Waals surface area contributed by atoms with E-state index in [1.807, 2.05) is 0 Å². The van der Waals surface area contributed by atoms with Gasteiger partial charge >= 0.3 is 0 Å². The molecule has 0 atom stereocenters. The third kappa shape index (κ3) is 7.54. The molecule has 0 heterocycles. The summed E-state index contributed by atoms with van der Waals surface area (Å²) < 4.78 is 0. The first-order valence-corrected chi connectivity index (χ1v) is 4.80. The maximum absolute atomic E-state index is 5.66. The van der Waals surface area contributed by atoms with E-state index in [4.69, 9.17) is 11.5 Å². The Hall–Kier alpha value is -0.570. The lowest BCUT2D eigenvalue weighted by Gasteiger charge is -1.99. The topological polar surface area (TPSA) is 64.4 Å². The number of hydrogen-bond acceptors (Lipinski definition) is 2. The second-order valence-electron chi connectivity index (χ2n) is 2.97. The molecule has 0 aliphatic carbocycles. The molecule has 0 saturated carbocycles. The molecule has 0 bridgehead atoms. The van der Waals surface area contributed by atoms with Crippen LogP contribution in [0.1, 0.15) is 39.0 Å². The molecule has 3 heteroatoms. The fraction of sp³-hybridized carbons (Fsp3) is 0.889. The van der Waals surface area contributed by atoms with Crippen molar-refractivity contribution in [3.63, 3.8) is 0 Å². The molecule has 3 nitrogen and oxygen atoms in total. The molecule has 0 amide bonds. The first-order chi connectivity index (χ1) is 5.81. The van der Waals surface area contributed by atoms with E-state index in [-0.39, 0.29) is 0 Å². The Bertz CT molecular complexity index is 121. The van der Waals surface area contributed by atoms with Crippen LogP contribution in [0.3, 0.4) is 0 Å². The minimum Gasteiger partial charge on any atom is -0.387 e. The highest BCUT2D eigenvalue weighted by Crippen LogP contribution is 1.98. The maximum atomic E-state index is 5.66. The Morgan fingerprint density at radius 3 is 2.58 bits per heavy atom.